The first-order chi connectivity index (χ1) is 11.1. The predicted octanol–water partition coefficient (Wildman–Crippen LogP) is 4.15. The Labute approximate surface area is 139 Å². The fraction of sp³-hybridized carbons (Fsp3) is 0.316. The molecule has 0 radical (unpaired) electrons. The van der Waals surface area contributed by atoms with Gasteiger partial charge in [-0.3, -0.25) is 4.79 Å². The highest BCUT2D eigenvalue weighted by Gasteiger charge is 2.30. The third kappa shape index (κ3) is 3.56. The SMILES string of the molecule is CCC(C)(Pc1ccccc1C=O)c1cccc(OC)c1OC. The molecule has 0 N–H and O–H groups in total. The number of carbonyl (C=O) groups excluding carboxylic acids is 1. The summed E-state index contributed by atoms with van der Waals surface area (Å²) >= 11 is 0. The molecule has 0 saturated heterocycles. The molecule has 2 aromatic rings. The summed E-state index contributed by atoms with van der Waals surface area (Å²) in [5, 5.41) is 0.954. The van der Waals surface area contributed by atoms with Crippen molar-refractivity contribution >= 4 is 20.2 Å². The number of rotatable bonds is 7. The zero-order chi connectivity index (χ0) is 16.9. The third-order valence-corrected chi connectivity index (χ3v) is 6.10. The van der Waals surface area contributed by atoms with Crippen LogP contribution in [0.4, 0.5) is 0 Å². The van der Waals surface area contributed by atoms with Crippen LogP contribution in [0, 0.1) is 0 Å². The van der Waals surface area contributed by atoms with Crippen molar-refractivity contribution in [2.24, 2.45) is 0 Å². The first kappa shape index (κ1) is 17.5. The molecule has 0 fully saturated rings. The molecule has 0 heterocycles. The maximum atomic E-state index is 11.3. The zero-order valence-electron chi connectivity index (χ0n) is 14.1. The van der Waals surface area contributed by atoms with Gasteiger partial charge in [0.25, 0.3) is 0 Å². The van der Waals surface area contributed by atoms with Crippen LogP contribution in [0.15, 0.2) is 42.5 Å². The van der Waals surface area contributed by atoms with E-state index in [0.717, 1.165) is 40.6 Å². The van der Waals surface area contributed by atoms with Gasteiger partial charge in [0.15, 0.2) is 17.8 Å². The van der Waals surface area contributed by atoms with Crippen LogP contribution in [0.3, 0.4) is 0 Å². The molecule has 2 atom stereocenters. The molecular formula is C19H23O3P. The van der Waals surface area contributed by atoms with Gasteiger partial charge in [-0.1, -0.05) is 58.8 Å². The molecule has 0 bridgehead atoms. The molecule has 0 aliphatic rings. The first-order valence-corrected chi connectivity index (χ1v) is 8.63. The van der Waals surface area contributed by atoms with E-state index in [1.807, 2.05) is 36.4 Å². The number of aldehydes is 1. The van der Waals surface area contributed by atoms with E-state index in [9.17, 15) is 4.79 Å². The van der Waals surface area contributed by atoms with Gasteiger partial charge in [0.05, 0.1) is 14.2 Å². The smallest absolute Gasteiger partial charge is 0.164 e. The number of para-hydroxylation sites is 1. The normalized spacial score (nSPS) is 13.7. The quantitative estimate of drug-likeness (QED) is 0.565. The Hall–Kier alpha value is -1.86. The lowest BCUT2D eigenvalue weighted by atomic mass is 9.96. The van der Waals surface area contributed by atoms with Crippen LogP contribution in [0.25, 0.3) is 0 Å². The largest absolute Gasteiger partial charge is 0.493 e. The molecule has 0 aromatic heterocycles. The maximum Gasteiger partial charge on any atom is 0.164 e. The van der Waals surface area contributed by atoms with E-state index in [-0.39, 0.29) is 5.16 Å². The van der Waals surface area contributed by atoms with Crippen molar-refractivity contribution in [3.63, 3.8) is 0 Å². The minimum Gasteiger partial charge on any atom is -0.493 e. The van der Waals surface area contributed by atoms with E-state index >= 15 is 0 Å². The van der Waals surface area contributed by atoms with Crippen LogP contribution in [-0.2, 0) is 5.16 Å². The molecule has 2 rings (SSSR count). The third-order valence-electron chi connectivity index (χ3n) is 4.20. The van der Waals surface area contributed by atoms with Crippen LogP contribution < -0.4 is 14.8 Å². The van der Waals surface area contributed by atoms with E-state index in [1.54, 1.807) is 14.2 Å². The molecule has 0 spiro atoms. The standard InChI is InChI=1S/C19H23O3P/c1-5-19(2,23-17-12-7-6-9-14(17)13-20)15-10-8-11-16(21-3)18(15)22-4/h6-13,23H,5H2,1-4H3. The molecule has 23 heavy (non-hydrogen) atoms. The molecule has 0 amide bonds. The van der Waals surface area contributed by atoms with Gasteiger partial charge in [-0.15, -0.1) is 0 Å². The molecule has 0 aliphatic carbocycles. The van der Waals surface area contributed by atoms with Gasteiger partial charge < -0.3 is 9.47 Å². The highest BCUT2D eigenvalue weighted by Crippen LogP contribution is 2.49. The summed E-state index contributed by atoms with van der Waals surface area (Å²) in [4.78, 5) is 11.3. The number of hydrogen-bond donors (Lipinski definition) is 0. The fourth-order valence-electron chi connectivity index (χ4n) is 2.68. The van der Waals surface area contributed by atoms with E-state index in [4.69, 9.17) is 9.47 Å². The van der Waals surface area contributed by atoms with Crippen LogP contribution in [0.2, 0.25) is 0 Å². The highest BCUT2D eigenvalue weighted by atomic mass is 31.1. The van der Waals surface area contributed by atoms with Crippen molar-refractivity contribution in [2.75, 3.05) is 14.2 Å². The molecule has 4 heteroatoms. The van der Waals surface area contributed by atoms with Crippen LogP contribution >= 0.6 is 8.58 Å². The van der Waals surface area contributed by atoms with E-state index in [2.05, 4.69) is 19.9 Å². The average Bonchev–Trinajstić information content (AvgIpc) is 2.61. The lowest BCUT2D eigenvalue weighted by Crippen LogP contribution is -2.21. The Morgan fingerprint density at radius 1 is 1.09 bits per heavy atom. The number of ether oxygens (including phenoxy) is 2. The summed E-state index contributed by atoms with van der Waals surface area (Å²) in [5.74, 6) is 1.51. The van der Waals surface area contributed by atoms with Gasteiger partial charge in [0.2, 0.25) is 0 Å². The van der Waals surface area contributed by atoms with Crippen molar-refractivity contribution < 1.29 is 14.3 Å². The summed E-state index contributed by atoms with van der Waals surface area (Å²) in [5.41, 5.74) is 1.87. The monoisotopic (exact) mass is 330 g/mol. The van der Waals surface area contributed by atoms with Crippen LogP contribution in [0.1, 0.15) is 36.2 Å². The second kappa shape index (κ2) is 7.61. The predicted molar refractivity (Wildman–Crippen MR) is 97.0 cm³/mol. The van der Waals surface area contributed by atoms with Crippen LogP contribution in [0.5, 0.6) is 11.5 Å². The highest BCUT2D eigenvalue weighted by molar-refractivity contribution is 7.48. The van der Waals surface area contributed by atoms with E-state index in [1.165, 1.54) is 0 Å². The Kier molecular flexibility index (Phi) is 5.79. The average molecular weight is 330 g/mol. The summed E-state index contributed by atoms with van der Waals surface area (Å²) in [6.45, 7) is 4.37. The Balaban J connectivity index is 2.51. The minimum atomic E-state index is -0.126. The van der Waals surface area contributed by atoms with Crippen molar-refractivity contribution in [1.29, 1.82) is 0 Å². The van der Waals surface area contributed by atoms with Crippen molar-refractivity contribution in [3.05, 3.63) is 53.6 Å². The summed E-state index contributed by atoms with van der Waals surface area (Å²) < 4.78 is 11.1. The topological polar surface area (TPSA) is 35.5 Å². The second-order valence-corrected chi connectivity index (χ2v) is 7.45. The molecule has 3 nitrogen and oxygen atoms in total. The molecule has 0 aliphatic heterocycles. The number of carbonyl (C=O) groups is 1. The number of hydrogen-bond acceptors (Lipinski definition) is 3. The van der Waals surface area contributed by atoms with E-state index in [0.29, 0.717) is 8.58 Å². The number of methoxy groups -OCH3 is 2. The summed E-state index contributed by atoms with van der Waals surface area (Å²) in [6, 6.07) is 13.8. The van der Waals surface area contributed by atoms with E-state index < -0.39 is 0 Å². The summed E-state index contributed by atoms with van der Waals surface area (Å²) in [6.07, 6.45) is 1.86. The van der Waals surface area contributed by atoms with Gasteiger partial charge in [-0.25, -0.2) is 0 Å². The molecule has 0 saturated carbocycles. The Bertz CT molecular complexity index is 684. The minimum absolute atomic E-state index is 0.126. The Morgan fingerprint density at radius 2 is 1.83 bits per heavy atom. The lowest BCUT2D eigenvalue weighted by Gasteiger charge is -2.31. The Morgan fingerprint density at radius 3 is 2.43 bits per heavy atom. The molecular weight excluding hydrogens is 307 g/mol. The zero-order valence-corrected chi connectivity index (χ0v) is 15.1. The fourth-order valence-corrected chi connectivity index (χ4v) is 4.25. The molecule has 2 unspecified atom stereocenters. The first-order valence-electron chi connectivity index (χ1n) is 7.63. The van der Waals surface area contributed by atoms with Gasteiger partial charge in [0, 0.05) is 16.3 Å². The van der Waals surface area contributed by atoms with Crippen LogP contribution in [-0.4, -0.2) is 20.5 Å². The second-order valence-electron chi connectivity index (χ2n) is 5.56. The summed E-state index contributed by atoms with van der Waals surface area (Å²) in [7, 11) is 3.78. The van der Waals surface area contributed by atoms with Gasteiger partial charge in [-0.2, -0.15) is 0 Å². The van der Waals surface area contributed by atoms with Crippen molar-refractivity contribution in [2.45, 2.75) is 25.4 Å². The van der Waals surface area contributed by atoms with Gasteiger partial charge >= 0.3 is 0 Å². The maximum absolute atomic E-state index is 11.3. The number of benzene rings is 2. The van der Waals surface area contributed by atoms with Gasteiger partial charge in [0.1, 0.15) is 0 Å². The van der Waals surface area contributed by atoms with Gasteiger partial charge in [-0.05, 0) is 17.8 Å². The lowest BCUT2D eigenvalue weighted by molar-refractivity contribution is 0.112. The molecule has 122 valence electrons. The van der Waals surface area contributed by atoms with Crippen molar-refractivity contribution in [3.8, 4) is 11.5 Å². The van der Waals surface area contributed by atoms with Crippen molar-refractivity contribution in [1.82, 2.24) is 0 Å². The molecule has 2 aromatic carbocycles.